The Morgan fingerprint density at radius 1 is 1.32 bits per heavy atom. The number of rotatable bonds is 4. The van der Waals surface area contributed by atoms with Gasteiger partial charge in [-0.05, 0) is 55.3 Å². The zero-order valence-electron chi connectivity index (χ0n) is 11.1. The van der Waals surface area contributed by atoms with E-state index in [9.17, 15) is 0 Å². The van der Waals surface area contributed by atoms with E-state index < -0.39 is 0 Å². The number of nitrogens with zero attached hydrogens (tertiary/aromatic N) is 3. The fraction of sp³-hybridized carbons (Fsp3) is 0.538. The minimum atomic E-state index is 0.509. The first-order valence-electron chi connectivity index (χ1n) is 6.74. The number of aromatic nitrogens is 2. The summed E-state index contributed by atoms with van der Waals surface area (Å²) in [7, 11) is 0. The summed E-state index contributed by atoms with van der Waals surface area (Å²) in [5, 5.41) is 11.2. The third-order valence-electron chi connectivity index (χ3n) is 3.80. The molecule has 0 aliphatic carbocycles. The fourth-order valence-electron chi connectivity index (χ4n) is 2.60. The molecule has 102 valence electrons. The summed E-state index contributed by atoms with van der Waals surface area (Å²) in [6.45, 7) is 5.52. The lowest BCUT2D eigenvalue weighted by Crippen LogP contribution is -2.35. The third-order valence-corrected chi connectivity index (χ3v) is 3.80. The number of nitrogen functional groups attached to an aromatic ring is 1. The van der Waals surface area contributed by atoms with Crippen LogP contribution in [0.3, 0.4) is 0 Å². The quantitative estimate of drug-likeness (QED) is 0.815. The average molecular weight is 261 g/mol. The van der Waals surface area contributed by atoms with Gasteiger partial charge in [-0.2, -0.15) is 0 Å². The van der Waals surface area contributed by atoms with Crippen LogP contribution in [-0.2, 0) is 0 Å². The molecule has 2 aromatic rings. The van der Waals surface area contributed by atoms with E-state index in [0.717, 1.165) is 12.2 Å². The van der Waals surface area contributed by atoms with E-state index in [1.54, 1.807) is 0 Å². The maximum atomic E-state index is 5.83. The molecular formula is C13H19N5O. The fourth-order valence-corrected chi connectivity index (χ4v) is 2.60. The topological polar surface area (TPSA) is 80.2 Å². The molecule has 3 rings (SSSR count). The zero-order chi connectivity index (χ0) is 13.2. The van der Waals surface area contributed by atoms with Gasteiger partial charge >= 0.3 is 0 Å². The molecule has 6 heteroatoms. The molecule has 1 unspecified atom stereocenters. The molecule has 6 nitrogen and oxygen atoms in total. The van der Waals surface area contributed by atoms with E-state index >= 15 is 0 Å². The molecule has 1 aliphatic rings. The molecule has 0 radical (unpaired) electrons. The second-order valence-corrected chi connectivity index (χ2v) is 5.14. The molecule has 0 saturated carbocycles. The summed E-state index contributed by atoms with van der Waals surface area (Å²) in [6, 6.07) is 4.27. The second-order valence-electron chi connectivity index (χ2n) is 5.14. The minimum absolute atomic E-state index is 0.509. The molecule has 1 aromatic carbocycles. The minimum Gasteiger partial charge on any atom is -0.397 e. The SMILES string of the molecule is CC(CNc1ccc(N)c2nonc12)N1CCCC1. The summed E-state index contributed by atoms with van der Waals surface area (Å²) >= 11 is 0. The van der Waals surface area contributed by atoms with Crippen molar-refractivity contribution in [2.75, 3.05) is 30.7 Å². The van der Waals surface area contributed by atoms with Crippen molar-refractivity contribution in [3.8, 4) is 0 Å². The van der Waals surface area contributed by atoms with Crippen molar-refractivity contribution in [3.63, 3.8) is 0 Å². The Bertz CT molecular complexity index is 561. The van der Waals surface area contributed by atoms with Crippen LogP contribution in [-0.4, -0.2) is 40.9 Å². The van der Waals surface area contributed by atoms with Crippen molar-refractivity contribution in [1.82, 2.24) is 15.2 Å². The van der Waals surface area contributed by atoms with Gasteiger partial charge in [0.25, 0.3) is 0 Å². The Balaban J connectivity index is 1.71. The maximum Gasteiger partial charge on any atom is 0.160 e. The number of hydrogen-bond acceptors (Lipinski definition) is 6. The van der Waals surface area contributed by atoms with Gasteiger partial charge in [0.15, 0.2) is 11.0 Å². The van der Waals surface area contributed by atoms with Crippen molar-refractivity contribution < 1.29 is 4.63 Å². The lowest BCUT2D eigenvalue weighted by Gasteiger charge is -2.24. The van der Waals surface area contributed by atoms with Crippen LogP contribution in [0.2, 0.25) is 0 Å². The summed E-state index contributed by atoms with van der Waals surface area (Å²) < 4.78 is 4.76. The van der Waals surface area contributed by atoms with Crippen LogP contribution in [0.1, 0.15) is 19.8 Å². The smallest absolute Gasteiger partial charge is 0.160 e. The number of fused-ring (bicyclic) bond motifs is 1. The molecule has 0 spiro atoms. The van der Waals surface area contributed by atoms with E-state index in [4.69, 9.17) is 10.4 Å². The van der Waals surface area contributed by atoms with Crippen molar-refractivity contribution in [2.45, 2.75) is 25.8 Å². The highest BCUT2D eigenvalue weighted by Gasteiger charge is 2.18. The highest BCUT2D eigenvalue weighted by molar-refractivity contribution is 5.94. The molecule has 1 saturated heterocycles. The van der Waals surface area contributed by atoms with Gasteiger partial charge in [0.1, 0.15) is 0 Å². The largest absolute Gasteiger partial charge is 0.397 e. The monoisotopic (exact) mass is 261 g/mol. The van der Waals surface area contributed by atoms with E-state index in [-0.39, 0.29) is 0 Å². The molecular weight excluding hydrogens is 242 g/mol. The van der Waals surface area contributed by atoms with Gasteiger partial charge in [-0.15, -0.1) is 0 Å². The number of hydrogen-bond donors (Lipinski definition) is 2. The van der Waals surface area contributed by atoms with Crippen LogP contribution in [0.15, 0.2) is 16.8 Å². The Morgan fingerprint density at radius 2 is 2.05 bits per heavy atom. The van der Waals surface area contributed by atoms with Crippen LogP contribution >= 0.6 is 0 Å². The van der Waals surface area contributed by atoms with Gasteiger partial charge in [0.05, 0.1) is 11.4 Å². The average Bonchev–Trinajstić information content (AvgIpc) is 3.09. The van der Waals surface area contributed by atoms with Gasteiger partial charge in [0.2, 0.25) is 0 Å². The molecule has 1 atom stereocenters. The summed E-state index contributed by atoms with van der Waals surface area (Å²) in [4.78, 5) is 2.50. The predicted octanol–water partition coefficient (Wildman–Crippen LogP) is 1.70. The second kappa shape index (κ2) is 5.05. The van der Waals surface area contributed by atoms with Crippen molar-refractivity contribution in [2.24, 2.45) is 0 Å². The number of likely N-dealkylation sites (tertiary alicyclic amines) is 1. The number of anilines is 2. The number of benzene rings is 1. The van der Waals surface area contributed by atoms with Crippen LogP contribution in [0, 0.1) is 0 Å². The number of nitrogens with one attached hydrogen (secondary N) is 1. The maximum absolute atomic E-state index is 5.83. The standard InChI is InChI=1S/C13H19N5O/c1-9(18-6-2-3-7-18)8-15-11-5-4-10(14)12-13(11)17-19-16-12/h4-5,9,15H,2-3,6-8,14H2,1H3. The third kappa shape index (κ3) is 2.35. The molecule has 3 N–H and O–H groups in total. The molecule has 0 amide bonds. The highest BCUT2D eigenvalue weighted by atomic mass is 16.6. The van der Waals surface area contributed by atoms with E-state index in [1.165, 1.54) is 25.9 Å². The Labute approximate surface area is 111 Å². The van der Waals surface area contributed by atoms with E-state index in [1.807, 2.05) is 12.1 Å². The molecule has 1 aliphatic heterocycles. The van der Waals surface area contributed by atoms with Crippen molar-refractivity contribution in [3.05, 3.63) is 12.1 Å². The lowest BCUT2D eigenvalue weighted by atomic mass is 10.2. The van der Waals surface area contributed by atoms with Crippen LogP contribution in [0.25, 0.3) is 11.0 Å². The first-order chi connectivity index (χ1) is 9.25. The predicted molar refractivity (Wildman–Crippen MR) is 75.0 cm³/mol. The Morgan fingerprint density at radius 3 is 2.84 bits per heavy atom. The van der Waals surface area contributed by atoms with Crippen LogP contribution in [0.5, 0.6) is 0 Å². The lowest BCUT2D eigenvalue weighted by molar-refractivity contribution is 0.269. The summed E-state index contributed by atoms with van der Waals surface area (Å²) in [5.41, 5.74) is 8.67. The van der Waals surface area contributed by atoms with Crippen LogP contribution in [0.4, 0.5) is 11.4 Å². The van der Waals surface area contributed by atoms with Gasteiger partial charge in [0, 0.05) is 12.6 Å². The van der Waals surface area contributed by atoms with E-state index in [0.29, 0.717) is 22.8 Å². The highest BCUT2D eigenvalue weighted by Crippen LogP contribution is 2.25. The first kappa shape index (κ1) is 12.2. The molecule has 1 aromatic heterocycles. The summed E-state index contributed by atoms with van der Waals surface area (Å²) in [5.74, 6) is 0. The molecule has 19 heavy (non-hydrogen) atoms. The van der Waals surface area contributed by atoms with Gasteiger partial charge in [-0.3, -0.25) is 4.90 Å². The van der Waals surface area contributed by atoms with Gasteiger partial charge in [-0.1, -0.05) is 0 Å². The Hall–Kier alpha value is -1.82. The normalized spacial score (nSPS) is 17.9. The first-order valence-corrected chi connectivity index (χ1v) is 6.74. The van der Waals surface area contributed by atoms with Crippen molar-refractivity contribution >= 4 is 22.4 Å². The van der Waals surface area contributed by atoms with Gasteiger partial charge < -0.3 is 11.1 Å². The molecule has 2 heterocycles. The Kier molecular flexibility index (Phi) is 3.25. The number of nitrogens with two attached hydrogens (primary N) is 1. The van der Waals surface area contributed by atoms with E-state index in [2.05, 4.69) is 27.5 Å². The van der Waals surface area contributed by atoms with Gasteiger partial charge in [-0.25, -0.2) is 4.63 Å². The zero-order valence-corrected chi connectivity index (χ0v) is 11.1. The molecule has 1 fully saturated rings. The van der Waals surface area contributed by atoms with Crippen molar-refractivity contribution in [1.29, 1.82) is 0 Å². The molecule has 0 bridgehead atoms. The summed E-state index contributed by atoms with van der Waals surface area (Å²) in [6.07, 6.45) is 2.62. The van der Waals surface area contributed by atoms with Crippen LogP contribution < -0.4 is 11.1 Å².